The molecule has 0 bridgehead atoms. The molecule has 0 saturated heterocycles. The van der Waals surface area contributed by atoms with Crippen LogP contribution in [0.2, 0.25) is 0 Å². The van der Waals surface area contributed by atoms with Crippen LogP contribution in [0.25, 0.3) is 0 Å². The lowest BCUT2D eigenvalue weighted by Crippen LogP contribution is -2.15. The zero-order valence-corrected chi connectivity index (χ0v) is 16.2. The Hall–Kier alpha value is -3.53. The first kappa shape index (κ1) is 22.2. The van der Waals surface area contributed by atoms with E-state index < -0.39 is 26.8 Å². The second-order valence-electron chi connectivity index (χ2n) is 6.52. The predicted octanol–water partition coefficient (Wildman–Crippen LogP) is 5.18. The van der Waals surface area contributed by atoms with E-state index in [0.29, 0.717) is 5.56 Å². The minimum absolute atomic E-state index is 0.0303. The van der Waals surface area contributed by atoms with Crippen molar-refractivity contribution in [3.8, 4) is 6.07 Å². The number of halogens is 6. The number of anilines is 1. The van der Waals surface area contributed by atoms with E-state index in [1.54, 1.807) is 6.07 Å². The second-order valence-corrected chi connectivity index (χ2v) is 8.93. The summed E-state index contributed by atoms with van der Waals surface area (Å²) in [6.45, 7) is 0.0499. The molecule has 6 nitrogen and oxygen atoms in total. The summed E-state index contributed by atoms with van der Waals surface area (Å²) < 4.78 is 77.2. The lowest BCUT2D eigenvalue weighted by molar-refractivity contribution is -0.115. The van der Waals surface area contributed by atoms with Gasteiger partial charge in [0.05, 0.1) is 24.7 Å². The number of amides is 1. The molecular formula is C18H13F6N5OS. The normalized spacial score (nSPS) is 13.7. The van der Waals surface area contributed by atoms with Crippen LogP contribution in [0.15, 0.2) is 53.6 Å². The van der Waals surface area contributed by atoms with E-state index in [2.05, 4.69) is 15.5 Å². The fourth-order valence-electron chi connectivity index (χ4n) is 2.58. The number of carbonyl (C=O) groups excluding carboxylic acids is 1. The molecule has 0 radical (unpaired) electrons. The number of aromatic nitrogens is 3. The Bertz CT molecular complexity index is 1190. The molecule has 0 aliphatic carbocycles. The van der Waals surface area contributed by atoms with Crippen LogP contribution in [-0.4, -0.2) is 20.9 Å². The van der Waals surface area contributed by atoms with Gasteiger partial charge in [-0.1, -0.05) is 37.6 Å². The largest absolute Gasteiger partial charge is 0.310 e. The molecule has 31 heavy (non-hydrogen) atoms. The van der Waals surface area contributed by atoms with Gasteiger partial charge in [-0.15, -0.1) is 5.10 Å². The summed E-state index contributed by atoms with van der Waals surface area (Å²) in [6.07, 6.45) is 0.823. The van der Waals surface area contributed by atoms with Gasteiger partial charge >= 0.3 is 10.2 Å². The SMILES string of the molecule is N#Cc1ccc(Cn2ncc(NC(=O)Cc3ccc(S(F)(F)(F)(F)F)cc3)n2)cc1F. The first-order valence-corrected chi connectivity index (χ1v) is 10.4. The quantitative estimate of drug-likeness (QED) is 0.513. The summed E-state index contributed by atoms with van der Waals surface area (Å²) in [5.74, 6) is -1.32. The van der Waals surface area contributed by atoms with Gasteiger partial charge in [0.1, 0.15) is 16.8 Å². The number of hydrogen-bond acceptors (Lipinski definition) is 4. The Kier molecular flexibility index (Phi) is 5.02. The van der Waals surface area contributed by atoms with Crippen molar-refractivity contribution >= 4 is 21.9 Å². The Balaban J connectivity index is 1.61. The van der Waals surface area contributed by atoms with Crippen molar-refractivity contribution in [1.29, 1.82) is 5.26 Å². The molecule has 3 rings (SSSR count). The Morgan fingerprint density at radius 2 is 1.71 bits per heavy atom. The Labute approximate surface area is 171 Å². The van der Waals surface area contributed by atoms with E-state index in [9.17, 15) is 28.6 Å². The summed E-state index contributed by atoms with van der Waals surface area (Å²) in [7, 11) is -9.76. The molecule has 0 saturated carbocycles. The Morgan fingerprint density at radius 3 is 2.29 bits per heavy atom. The number of hydrogen-bond donors (Lipinski definition) is 1. The number of nitriles is 1. The summed E-state index contributed by atoms with van der Waals surface area (Å²) in [5, 5.41) is 19.0. The number of nitrogens with zero attached hydrogens (tertiary/aromatic N) is 4. The average molecular weight is 461 g/mol. The molecule has 1 amide bonds. The fourth-order valence-corrected chi connectivity index (χ4v) is 3.23. The van der Waals surface area contributed by atoms with Gasteiger partial charge in [0.25, 0.3) is 0 Å². The highest BCUT2D eigenvalue weighted by atomic mass is 32.5. The minimum Gasteiger partial charge on any atom is -0.308 e. The van der Waals surface area contributed by atoms with Crippen molar-refractivity contribution in [1.82, 2.24) is 15.0 Å². The van der Waals surface area contributed by atoms with Gasteiger partial charge in [-0.05, 0) is 35.4 Å². The van der Waals surface area contributed by atoms with Gasteiger partial charge in [0.15, 0.2) is 5.82 Å². The fraction of sp³-hybridized carbons (Fsp3) is 0.111. The monoisotopic (exact) mass is 461 g/mol. The second kappa shape index (κ2) is 7.02. The van der Waals surface area contributed by atoms with Crippen LogP contribution in [0.5, 0.6) is 0 Å². The molecule has 1 aromatic heterocycles. The third-order valence-electron chi connectivity index (χ3n) is 4.02. The van der Waals surface area contributed by atoms with E-state index in [1.807, 2.05) is 0 Å². The molecular weight excluding hydrogens is 448 g/mol. The van der Waals surface area contributed by atoms with Crippen molar-refractivity contribution in [3.63, 3.8) is 0 Å². The highest BCUT2D eigenvalue weighted by Gasteiger charge is 2.65. The van der Waals surface area contributed by atoms with Crippen LogP contribution < -0.4 is 5.32 Å². The molecule has 0 aliphatic heterocycles. The van der Waals surface area contributed by atoms with Crippen LogP contribution in [0, 0.1) is 17.1 Å². The number of benzene rings is 2. The molecule has 13 heteroatoms. The smallest absolute Gasteiger partial charge is 0.308 e. The first-order chi connectivity index (χ1) is 14.2. The van der Waals surface area contributed by atoms with Crippen LogP contribution in [-0.2, 0) is 17.8 Å². The van der Waals surface area contributed by atoms with E-state index >= 15 is 0 Å². The molecule has 3 aromatic rings. The molecule has 0 unspecified atom stereocenters. The van der Waals surface area contributed by atoms with Crippen LogP contribution in [0.4, 0.5) is 29.6 Å². The molecule has 0 atom stereocenters. The van der Waals surface area contributed by atoms with Crippen molar-refractivity contribution in [3.05, 3.63) is 71.2 Å². The molecule has 0 aliphatic rings. The van der Waals surface area contributed by atoms with Crippen molar-refractivity contribution < 1.29 is 28.6 Å². The van der Waals surface area contributed by atoms with Crippen molar-refractivity contribution in [2.24, 2.45) is 0 Å². The lowest BCUT2D eigenvalue weighted by atomic mass is 10.1. The molecule has 2 aromatic carbocycles. The van der Waals surface area contributed by atoms with E-state index in [0.717, 1.165) is 23.0 Å². The molecule has 164 valence electrons. The van der Waals surface area contributed by atoms with Crippen LogP contribution >= 0.6 is 10.2 Å². The topological polar surface area (TPSA) is 83.6 Å². The van der Waals surface area contributed by atoms with Gasteiger partial charge < -0.3 is 5.32 Å². The first-order valence-electron chi connectivity index (χ1n) is 8.45. The average Bonchev–Trinajstić information content (AvgIpc) is 3.07. The zero-order valence-electron chi connectivity index (χ0n) is 15.4. The third-order valence-corrected chi connectivity index (χ3v) is 5.18. The summed E-state index contributed by atoms with van der Waals surface area (Å²) in [5.41, 5.74) is 0.441. The zero-order chi connectivity index (χ0) is 22.9. The minimum atomic E-state index is -9.76. The van der Waals surface area contributed by atoms with Crippen molar-refractivity contribution in [2.45, 2.75) is 17.9 Å². The van der Waals surface area contributed by atoms with Gasteiger partial charge in [-0.25, -0.2) is 4.39 Å². The van der Waals surface area contributed by atoms with Gasteiger partial charge in [-0.2, -0.15) is 15.2 Å². The van der Waals surface area contributed by atoms with Crippen LogP contribution in [0.1, 0.15) is 16.7 Å². The predicted molar refractivity (Wildman–Crippen MR) is 100 cm³/mol. The van der Waals surface area contributed by atoms with Gasteiger partial charge in [0.2, 0.25) is 5.91 Å². The maximum atomic E-state index is 13.6. The molecule has 1 N–H and O–H groups in total. The Morgan fingerprint density at radius 1 is 1.06 bits per heavy atom. The summed E-state index contributed by atoms with van der Waals surface area (Å²) >= 11 is 0. The number of carbonyl (C=O) groups is 1. The number of nitrogens with one attached hydrogen (secondary N) is 1. The van der Waals surface area contributed by atoms with Gasteiger partial charge in [-0.3, -0.25) is 4.79 Å². The van der Waals surface area contributed by atoms with E-state index in [4.69, 9.17) is 5.26 Å². The summed E-state index contributed by atoms with van der Waals surface area (Å²) in [6, 6.07) is 7.72. The highest BCUT2D eigenvalue weighted by Crippen LogP contribution is 3.02. The summed E-state index contributed by atoms with van der Waals surface area (Å²) in [4.78, 5) is 11.2. The molecule has 1 heterocycles. The van der Waals surface area contributed by atoms with E-state index in [-0.39, 0.29) is 42.0 Å². The van der Waals surface area contributed by atoms with Crippen molar-refractivity contribution in [2.75, 3.05) is 5.32 Å². The lowest BCUT2D eigenvalue weighted by Gasteiger charge is -2.40. The van der Waals surface area contributed by atoms with Crippen LogP contribution in [0.3, 0.4) is 0 Å². The van der Waals surface area contributed by atoms with E-state index in [1.165, 1.54) is 18.3 Å². The maximum absolute atomic E-state index is 13.6. The van der Waals surface area contributed by atoms with Gasteiger partial charge in [0, 0.05) is 0 Å². The molecule has 0 spiro atoms. The standard InChI is InChI=1S/C18H13F6N5OS/c19-16-7-13(1-4-14(16)9-25)11-29-26-10-17(28-29)27-18(30)8-12-2-5-15(6-3-12)31(20,21,22,23)24/h1-7,10H,8,11H2,(H,27,28,30). The number of rotatable bonds is 6. The maximum Gasteiger partial charge on any atom is 0.310 e. The third kappa shape index (κ3) is 5.76. The highest BCUT2D eigenvalue weighted by molar-refractivity contribution is 8.45. The molecule has 0 fully saturated rings.